The smallest absolute Gasteiger partial charge is 0.321 e. The predicted octanol–water partition coefficient (Wildman–Crippen LogP) is 3.61. The van der Waals surface area contributed by atoms with Crippen molar-refractivity contribution in [2.75, 3.05) is 38.0 Å². The van der Waals surface area contributed by atoms with Gasteiger partial charge in [0.25, 0.3) is 0 Å². The molecule has 2 aromatic rings. The van der Waals surface area contributed by atoms with E-state index in [4.69, 9.17) is 0 Å². The summed E-state index contributed by atoms with van der Waals surface area (Å²) >= 11 is 0. The van der Waals surface area contributed by atoms with E-state index in [9.17, 15) is 9.18 Å². The summed E-state index contributed by atoms with van der Waals surface area (Å²) in [6.07, 6.45) is 1.99. The molecule has 0 bridgehead atoms. The Morgan fingerprint density at radius 1 is 0.960 bits per heavy atom. The third-order valence-corrected chi connectivity index (χ3v) is 4.53. The van der Waals surface area contributed by atoms with Crippen LogP contribution >= 0.6 is 0 Å². The molecule has 0 radical (unpaired) electrons. The summed E-state index contributed by atoms with van der Waals surface area (Å²) in [5.41, 5.74) is 1.97. The Morgan fingerprint density at radius 2 is 1.72 bits per heavy atom. The van der Waals surface area contributed by atoms with Crippen LogP contribution in [0.3, 0.4) is 0 Å². The Labute approximate surface area is 148 Å². The molecule has 4 nitrogen and oxygen atoms in total. The lowest BCUT2D eigenvalue weighted by molar-refractivity contribution is 0.211. The molecule has 0 unspecified atom stereocenters. The van der Waals surface area contributed by atoms with Crippen LogP contribution in [0.2, 0.25) is 0 Å². The lowest BCUT2D eigenvalue weighted by atomic mass is 10.1. The number of hydrogen-bond donors (Lipinski definition) is 1. The van der Waals surface area contributed by atoms with Gasteiger partial charge in [0.2, 0.25) is 0 Å². The number of halogens is 1. The summed E-state index contributed by atoms with van der Waals surface area (Å²) in [5, 5.41) is 2.84. The van der Waals surface area contributed by atoms with Crippen LogP contribution in [0.4, 0.5) is 14.9 Å². The lowest BCUT2D eigenvalue weighted by Gasteiger charge is -2.22. The number of anilines is 1. The molecule has 1 saturated heterocycles. The summed E-state index contributed by atoms with van der Waals surface area (Å²) in [6.45, 7) is 4.35. The van der Waals surface area contributed by atoms with Gasteiger partial charge in [0.05, 0.1) is 0 Å². The Morgan fingerprint density at radius 3 is 2.48 bits per heavy atom. The quantitative estimate of drug-likeness (QED) is 0.922. The number of hydrogen-bond acceptors (Lipinski definition) is 2. The van der Waals surface area contributed by atoms with Crippen molar-refractivity contribution in [1.29, 1.82) is 0 Å². The van der Waals surface area contributed by atoms with Crippen LogP contribution in [0.25, 0.3) is 0 Å². The molecule has 132 valence electrons. The third-order valence-electron chi connectivity index (χ3n) is 4.53. The summed E-state index contributed by atoms with van der Waals surface area (Å²) in [6, 6.07) is 16.2. The van der Waals surface area contributed by atoms with Gasteiger partial charge in [0.1, 0.15) is 5.82 Å². The van der Waals surface area contributed by atoms with Gasteiger partial charge in [-0.25, -0.2) is 9.18 Å². The lowest BCUT2D eigenvalue weighted by Crippen LogP contribution is -2.38. The molecule has 25 heavy (non-hydrogen) atoms. The van der Waals surface area contributed by atoms with E-state index in [0.29, 0.717) is 12.2 Å². The topological polar surface area (TPSA) is 35.6 Å². The van der Waals surface area contributed by atoms with E-state index in [1.54, 1.807) is 12.1 Å². The number of carbonyl (C=O) groups excluding carboxylic acids is 1. The first-order valence-corrected chi connectivity index (χ1v) is 8.78. The Balaban J connectivity index is 1.47. The number of carbonyl (C=O) groups is 1. The standard InChI is InChI=1S/C20H24FN3O/c21-18-7-9-19(10-8-18)22-20(25)24-13-4-12-23(15-16-24)14-11-17-5-2-1-3-6-17/h1-3,5-10H,4,11-16H2,(H,22,25). The fraction of sp³-hybridized carbons (Fsp3) is 0.350. The van der Waals surface area contributed by atoms with Crippen LogP contribution in [0.15, 0.2) is 54.6 Å². The van der Waals surface area contributed by atoms with Gasteiger partial charge < -0.3 is 15.1 Å². The number of benzene rings is 2. The second-order valence-corrected chi connectivity index (χ2v) is 6.35. The van der Waals surface area contributed by atoms with Gasteiger partial charge in [-0.2, -0.15) is 0 Å². The van der Waals surface area contributed by atoms with E-state index in [2.05, 4.69) is 34.5 Å². The average Bonchev–Trinajstić information content (AvgIpc) is 2.88. The normalized spacial score (nSPS) is 15.6. The predicted molar refractivity (Wildman–Crippen MR) is 98.2 cm³/mol. The van der Waals surface area contributed by atoms with Crippen molar-refractivity contribution in [3.8, 4) is 0 Å². The fourth-order valence-electron chi connectivity index (χ4n) is 3.07. The van der Waals surface area contributed by atoms with Gasteiger partial charge in [0.15, 0.2) is 0 Å². The van der Waals surface area contributed by atoms with Gasteiger partial charge in [0, 0.05) is 31.9 Å². The molecular weight excluding hydrogens is 317 g/mol. The monoisotopic (exact) mass is 341 g/mol. The second-order valence-electron chi connectivity index (χ2n) is 6.35. The highest BCUT2D eigenvalue weighted by molar-refractivity contribution is 5.89. The van der Waals surface area contributed by atoms with Crippen LogP contribution in [-0.4, -0.2) is 48.6 Å². The molecule has 3 rings (SSSR count). The molecule has 5 heteroatoms. The van der Waals surface area contributed by atoms with Crippen molar-refractivity contribution in [2.45, 2.75) is 12.8 Å². The molecule has 1 aliphatic rings. The van der Waals surface area contributed by atoms with E-state index >= 15 is 0 Å². The van der Waals surface area contributed by atoms with Crippen LogP contribution in [0.5, 0.6) is 0 Å². The molecule has 1 N–H and O–H groups in total. The van der Waals surface area contributed by atoms with Crippen LogP contribution in [0.1, 0.15) is 12.0 Å². The first-order chi connectivity index (χ1) is 12.2. The minimum Gasteiger partial charge on any atom is -0.323 e. The zero-order valence-electron chi connectivity index (χ0n) is 14.3. The van der Waals surface area contributed by atoms with E-state index < -0.39 is 0 Å². The molecular formula is C20H24FN3O. The summed E-state index contributed by atoms with van der Waals surface area (Å²) in [4.78, 5) is 16.6. The maximum atomic E-state index is 12.9. The Hall–Kier alpha value is -2.40. The molecule has 2 aromatic carbocycles. The molecule has 0 spiro atoms. The maximum absolute atomic E-state index is 12.9. The summed E-state index contributed by atoms with van der Waals surface area (Å²) in [5.74, 6) is -0.304. The molecule has 0 saturated carbocycles. The number of nitrogens with zero attached hydrogens (tertiary/aromatic N) is 2. The van der Waals surface area contributed by atoms with Gasteiger partial charge in [-0.3, -0.25) is 0 Å². The zero-order valence-corrected chi connectivity index (χ0v) is 14.3. The molecule has 0 atom stereocenters. The maximum Gasteiger partial charge on any atom is 0.321 e. The van der Waals surface area contributed by atoms with Crippen molar-refractivity contribution in [1.82, 2.24) is 9.80 Å². The van der Waals surface area contributed by atoms with Crippen molar-refractivity contribution in [3.05, 3.63) is 66.0 Å². The van der Waals surface area contributed by atoms with Crippen LogP contribution in [-0.2, 0) is 6.42 Å². The number of urea groups is 1. The number of amides is 2. The van der Waals surface area contributed by atoms with Crippen LogP contribution in [0, 0.1) is 5.82 Å². The Kier molecular flexibility index (Phi) is 6.01. The first-order valence-electron chi connectivity index (χ1n) is 8.78. The summed E-state index contributed by atoms with van der Waals surface area (Å²) in [7, 11) is 0. The molecule has 1 fully saturated rings. The van der Waals surface area contributed by atoms with Crippen molar-refractivity contribution in [3.63, 3.8) is 0 Å². The van der Waals surface area contributed by atoms with Crippen molar-refractivity contribution >= 4 is 11.7 Å². The Bertz CT molecular complexity index is 675. The first kappa shape index (κ1) is 17.4. The minimum absolute atomic E-state index is 0.114. The van der Waals surface area contributed by atoms with E-state index in [1.165, 1.54) is 17.7 Å². The highest BCUT2D eigenvalue weighted by atomic mass is 19.1. The molecule has 0 aromatic heterocycles. The van der Waals surface area contributed by atoms with Crippen molar-refractivity contribution in [2.24, 2.45) is 0 Å². The minimum atomic E-state index is -0.304. The zero-order chi connectivity index (χ0) is 17.5. The molecule has 0 aliphatic carbocycles. The molecule has 1 heterocycles. The highest BCUT2D eigenvalue weighted by Gasteiger charge is 2.19. The number of nitrogens with one attached hydrogen (secondary N) is 1. The van der Waals surface area contributed by atoms with Gasteiger partial charge in [-0.15, -0.1) is 0 Å². The van der Waals surface area contributed by atoms with Crippen molar-refractivity contribution < 1.29 is 9.18 Å². The SMILES string of the molecule is O=C(Nc1ccc(F)cc1)N1CCCN(CCc2ccccc2)CC1. The average molecular weight is 341 g/mol. The van der Waals surface area contributed by atoms with Crippen LogP contribution < -0.4 is 5.32 Å². The van der Waals surface area contributed by atoms with E-state index in [-0.39, 0.29) is 11.8 Å². The highest BCUT2D eigenvalue weighted by Crippen LogP contribution is 2.11. The fourth-order valence-corrected chi connectivity index (χ4v) is 3.07. The summed E-state index contributed by atoms with van der Waals surface area (Å²) < 4.78 is 12.9. The largest absolute Gasteiger partial charge is 0.323 e. The molecule has 1 aliphatic heterocycles. The van der Waals surface area contributed by atoms with E-state index in [0.717, 1.165) is 39.0 Å². The third kappa shape index (κ3) is 5.29. The molecule has 2 amide bonds. The van der Waals surface area contributed by atoms with Gasteiger partial charge >= 0.3 is 6.03 Å². The van der Waals surface area contributed by atoms with Gasteiger partial charge in [-0.05, 0) is 49.2 Å². The van der Waals surface area contributed by atoms with Gasteiger partial charge in [-0.1, -0.05) is 30.3 Å². The van der Waals surface area contributed by atoms with E-state index in [1.807, 2.05) is 11.0 Å². The second kappa shape index (κ2) is 8.62. The number of rotatable bonds is 4.